The standard InChI is InChI=1S/C11H19N3O/c1-3-9-4-10(14(2)13-9)7-11(15)5-8(12)6-11/h4,8,15H,3,5-7,12H2,1-2H3. The van der Waals surface area contributed by atoms with Gasteiger partial charge in [-0.3, -0.25) is 4.68 Å². The molecular weight excluding hydrogens is 190 g/mol. The molecule has 0 unspecified atom stereocenters. The van der Waals surface area contributed by atoms with Crippen molar-refractivity contribution in [3.05, 3.63) is 17.5 Å². The predicted octanol–water partition coefficient (Wildman–Crippen LogP) is 0.377. The largest absolute Gasteiger partial charge is 0.389 e. The Hall–Kier alpha value is -0.870. The van der Waals surface area contributed by atoms with Gasteiger partial charge in [-0.15, -0.1) is 0 Å². The van der Waals surface area contributed by atoms with Gasteiger partial charge in [-0.1, -0.05) is 6.92 Å². The van der Waals surface area contributed by atoms with Crippen molar-refractivity contribution in [2.45, 2.75) is 44.2 Å². The van der Waals surface area contributed by atoms with E-state index in [0.29, 0.717) is 19.3 Å². The zero-order valence-corrected chi connectivity index (χ0v) is 9.40. The maximum Gasteiger partial charge on any atom is 0.0732 e. The normalized spacial score (nSPS) is 30.3. The topological polar surface area (TPSA) is 64.1 Å². The molecule has 4 heteroatoms. The van der Waals surface area contributed by atoms with E-state index in [1.165, 1.54) is 0 Å². The lowest BCUT2D eigenvalue weighted by Gasteiger charge is -2.41. The Labute approximate surface area is 90.1 Å². The van der Waals surface area contributed by atoms with Gasteiger partial charge in [-0.05, 0) is 25.3 Å². The summed E-state index contributed by atoms with van der Waals surface area (Å²) in [6, 6.07) is 2.25. The fraction of sp³-hybridized carbons (Fsp3) is 0.727. The molecule has 1 heterocycles. The first kappa shape index (κ1) is 10.6. The summed E-state index contributed by atoms with van der Waals surface area (Å²) in [6.07, 6.45) is 3.02. The van der Waals surface area contributed by atoms with Gasteiger partial charge in [0.25, 0.3) is 0 Å². The van der Waals surface area contributed by atoms with Gasteiger partial charge in [-0.2, -0.15) is 5.10 Å². The number of aryl methyl sites for hydroxylation is 2. The minimum atomic E-state index is -0.585. The molecule has 0 amide bonds. The number of rotatable bonds is 3. The molecule has 84 valence electrons. The van der Waals surface area contributed by atoms with Crippen LogP contribution in [0.15, 0.2) is 6.07 Å². The van der Waals surface area contributed by atoms with E-state index < -0.39 is 5.60 Å². The van der Waals surface area contributed by atoms with Gasteiger partial charge < -0.3 is 10.8 Å². The maximum absolute atomic E-state index is 10.1. The highest BCUT2D eigenvalue weighted by Gasteiger charge is 2.41. The maximum atomic E-state index is 10.1. The molecular formula is C11H19N3O. The second-order valence-electron chi connectivity index (χ2n) is 4.67. The molecule has 15 heavy (non-hydrogen) atoms. The molecule has 0 radical (unpaired) electrons. The highest BCUT2D eigenvalue weighted by molar-refractivity contribution is 5.15. The van der Waals surface area contributed by atoms with Gasteiger partial charge in [0, 0.05) is 25.2 Å². The average molecular weight is 209 g/mol. The zero-order valence-electron chi connectivity index (χ0n) is 9.40. The Kier molecular flexibility index (Phi) is 2.56. The second-order valence-corrected chi connectivity index (χ2v) is 4.67. The summed E-state index contributed by atoms with van der Waals surface area (Å²) in [5, 5.41) is 14.5. The van der Waals surface area contributed by atoms with E-state index in [4.69, 9.17) is 5.73 Å². The fourth-order valence-corrected chi connectivity index (χ4v) is 2.31. The number of hydrogen-bond donors (Lipinski definition) is 2. The van der Waals surface area contributed by atoms with Crippen molar-refractivity contribution in [2.24, 2.45) is 12.8 Å². The van der Waals surface area contributed by atoms with Crippen LogP contribution in [-0.4, -0.2) is 26.5 Å². The molecule has 1 aliphatic carbocycles. The first-order valence-corrected chi connectivity index (χ1v) is 5.52. The SMILES string of the molecule is CCc1cc(CC2(O)CC(N)C2)n(C)n1. The van der Waals surface area contributed by atoms with Gasteiger partial charge in [0.05, 0.1) is 11.3 Å². The summed E-state index contributed by atoms with van der Waals surface area (Å²) in [4.78, 5) is 0. The minimum absolute atomic E-state index is 0.175. The summed E-state index contributed by atoms with van der Waals surface area (Å²) in [5.74, 6) is 0. The van der Waals surface area contributed by atoms with E-state index in [1.807, 2.05) is 11.7 Å². The van der Waals surface area contributed by atoms with Gasteiger partial charge in [0.15, 0.2) is 0 Å². The molecule has 2 rings (SSSR count). The smallest absolute Gasteiger partial charge is 0.0732 e. The molecule has 3 N–H and O–H groups in total. The Morgan fingerprint density at radius 3 is 2.80 bits per heavy atom. The van der Waals surface area contributed by atoms with Crippen LogP contribution in [0.25, 0.3) is 0 Å². The van der Waals surface area contributed by atoms with E-state index in [1.54, 1.807) is 0 Å². The first-order valence-electron chi connectivity index (χ1n) is 5.52. The van der Waals surface area contributed by atoms with Crippen molar-refractivity contribution in [1.29, 1.82) is 0 Å². The summed E-state index contributed by atoms with van der Waals surface area (Å²) >= 11 is 0. The Morgan fingerprint density at radius 1 is 1.67 bits per heavy atom. The van der Waals surface area contributed by atoms with Crippen LogP contribution in [0.1, 0.15) is 31.2 Å². The highest BCUT2D eigenvalue weighted by atomic mass is 16.3. The Balaban J connectivity index is 2.07. The third-order valence-corrected chi connectivity index (χ3v) is 3.18. The number of hydrogen-bond acceptors (Lipinski definition) is 3. The molecule has 1 aromatic heterocycles. The quantitative estimate of drug-likeness (QED) is 0.756. The Morgan fingerprint density at radius 2 is 2.33 bits per heavy atom. The molecule has 1 aromatic rings. The van der Waals surface area contributed by atoms with Crippen molar-refractivity contribution < 1.29 is 5.11 Å². The van der Waals surface area contributed by atoms with Gasteiger partial charge in [0.1, 0.15) is 0 Å². The van der Waals surface area contributed by atoms with Gasteiger partial charge in [-0.25, -0.2) is 0 Å². The van der Waals surface area contributed by atoms with Crippen molar-refractivity contribution >= 4 is 0 Å². The van der Waals surface area contributed by atoms with E-state index in [0.717, 1.165) is 17.8 Å². The van der Waals surface area contributed by atoms with Crippen molar-refractivity contribution in [3.63, 3.8) is 0 Å². The van der Waals surface area contributed by atoms with Crippen molar-refractivity contribution in [2.75, 3.05) is 0 Å². The fourth-order valence-electron chi connectivity index (χ4n) is 2.31. The average Bonchev–Trinajstić information content (AvgIpc) is 2.45. The molecule has 0 saturated heterocycles. The van der Waals surface area contributed by atoms with Gasteiger partial charge >= 0.3 is 0 Å². The number of nitrogens with zero attached hydrogens (tertiary/aromatic N) is 2. The molecule has 0 aromatic carbocycles. The molecule has 1 saturated carbocycles. The number of aromatic nitrogens is 2. The van der Waals surface area contributed by atoms with Crippen LogP contribution in [0.4, 0.5) is 0 Å². The van der Waals surface area contributed by atoms with E-state index in [9.17, 15) is 5.11 Å². The number of aliphatic hydroxyl groups is 1. The lowest BCUT2D eigenvalue weighted by molar-refractivity contribution is -0.0468. The van der Waals surface area contributed by atoms with Crippen molar-refractivity contribution in [1.82, 2.24) is 9.78 Å². The lowest BCUT2D eigenvalue weighted by Crippen LogP contribution is -2.53. The van der Waals surface area contributed by atoms with Crippen LogP contribution >= 0.6 is 0 Å². The third kappa shape index (κ3) is 2.06. The molecule has 1 fully saturated rings. The van der Waals surface area contributed by atoms with Crippen LogP contribution in [0, 0.1) is 0 Å². The van der Waals surface area contributed by atoms with Crippen LogP contribution < -0.4 is 5.73 Å². The predicted molar refractivity (Wildman–Crippen MR) is 58.4 cm³/mol. The minimum Gasteiger partial charge on any atom is -0.389 e. The summed E-state index contributed by atoms with van der Waals surface area (Å²) < 4.78 is 1.86. The highest BCUT2D eigenvalue weighted by Crippen LogP contribution is 2.33. The van der Waals surface area contributed by atoms with Crippen LogP contribution in [0.3, 0.4) is 0 Å². The molecule has 1 aliphatic rings. The second kappa shape index (κ2) is 3.61. The molecule has 4 nitrogen and oxygen atoms in total. The molecule has 0 spiro atoms. The Bertz CT molecular complexity index is 353. The number of nitrogens with two attached hydrogens (primary N) is 1. The molecule has 0 atom stereocenters. The zero-order chi connectivity index (χ0) is 11.1. The molecule has 0 bridgehead atoms. The summed E-state index contributed by atoms with van der Waals surface area (Å²) in [6.45, 7) is 2.08. The third-order valence-electron chi connectivity index (χ3n) is 3.18. The monoisotopic (exact) mass is 209 g/mol. The van der Waals surface area contributed by atoms with E-state index >= 15 is 0 Å². The van der Waals surface area contributed by atoms with Crippen LogP contribution in [0.2, 0.25) is 0 Å². The lowest BCUT2D eigenvalue weighted by atomic mass is 9.73. The van der Waals surface area contributed by atoms with E-state index in [2.05, 4.69) is 18.1 Å². The van der Waals surface area contributed by atoms with E-state index in [-0.39, 0.29) is 6.04 Å². The van der Waals surface area contributed by atoms with Crippen LogP contribution in [0.5, 0.6) is 0 Å². The van der Waals surface area contributed by atoms with Crippen LogP contribution in [-0.2, 0) is 19.9 Å². The summed E-state index contributed by atoms with van der Waals surface area (Å²) in [5.41, 5.74) is 7.29. The molecule has 0 aliphatic heterocycles. The van der Waals surface area contributed by atoms with Crippen molar-refractivity contribution in [3.8, 4) is 0 Å². The van der Waals surface area contributed by atoms with Gasteiger partial charge in [0.2, 0.25) is 0 Å². The summed E-state index contributed by atoms with van der Waals surface area (Å²) in [7, 11) is 1.93. The first-order chi connectivity index (χ1) is 7.02.